The molecular formula is C10H22N2O. The van der Waals surface area contributed by atoms with Gasteiger partial charge in [0.25, 0.3) is 0 Å². The first-order valence-corrected chi connectivity index (χ1v) is 5.14. The molecule has 0 saturated carbocycles. The van der Waals surface area contributed by atoms with Crippen molar-refractivity contribution >= 4 is 0 Å². The topological polar surface area (TPSA) is 26.7 Å². The molecule has 3 heteroatoms. The van der Waals surface area contributed by atoms with E-state index in [1.165, 1.54) is 6.42 Å². The molecule has 0 bridgehead atoms. The third-order valence-electron chi connectivity index (χ3n) is 3.02. The normalized spacial score (nSPS) is 30.2. The summed E-state index contributed by atoms with van der Waals surface area (Å²) in [5.41, 5.74) is 0. The second kappa shape index (κ2) is 4.94. The molecule has 1 heterocycles. The minimum Gasteiger partial charge on any atom is -0.395 e. The van der Waals surface area contributed by atoms with Gasteiger partial charge in [0.15, 0.2) is 0 Å². The number of aliphatic hydroxyl groups excluding tert-OH is 1. The van der Waals surface area contributed by atoms with E-state index in [0.717, 1.165) is 19.6 Å². The van der Waals surface area contributed by atoms with Gasteiger partial charge in [-0.2, -0.15) is 0 Å². The second-order valence-corrected chi connectivity index (χ2v) is 4.36. The van der Waals surface area contributed by atoms with Crippen LogP contribution in [-0.2, 0) is 0 Å². The summed E-state index contributed by atoms with van der Waals surface area (Å²) < 4.78 is 0. The van der Waals surface area contributed by atoms with Crippen LogP contribution in [0.2, 0.25) is 0 Å². The van der Waals surface area contributed by atoms with Crippen molar-refractivity contribution < 1.29 is 5.11 Å². The Morgan fingerprint density at radius 2 is 2.15 bits per heavy atom. The second-order valence-electron chi connectivity index (χ2n) is 4.36. The van der Waals surface area contributed by atoms with Gasteiger partial charge in [0.2, 0.25) is 0 Å². The van der Waals surface area contributed by atoms with Crippen molar-refractivity contribution in [2.45, 2.75) is 19.4 Å². The maximum absolute atomic E-state index is 9.22. The van der Waals surface area contributed by atoms with Crippen molar-refractivity contribution in [3.8, 4) is 0 Å². The van der Waals surface area contributed by atoms with Crippen molar-refractivity contribution in [3.63, 3.8) is 0 Å². The molecule has 78 valence electrons. The minimum absolute atomic E-state index is 0.314. The van der Waals surface area contributed by atoms with Crippen LogP contribution < -0.4 is 0 Å². The molecule has 13 heavy (non-hydrogen) atoms. The summed E-state index contributed by atoms with van der Waals surface area (Å²) in [7, 11) is 4.18. The highest BCUT2D eigenvalue weighted by Crippen LogP contribution is 2.22. The molecule has 1 fully saturated rings. The van der Waals surface area contributed by atoms with E-state index in [1.807, 2.05) is 0 Å². The molecule has 3 nitrogen and oxygen atoms in total. The third kappa shape index (κ3) is 2.93. The summed E-state index contributed by atoms with van der Waals surface area (Å²) >= 11 is 0. The molecule has 0 aromatic heterocycles. The standard InChI is InChI=1S/C10H22N2O/c1-9-4-5-12(10(9)8-13)7-6-11(2)3/h9-10,13H,4-8H2,1-3H3. The first-order valence-electron chi connectivity index (χ1n) is 5.14. The molecule has 0 aromatic rings. The zero-order valence-electron chi connectivity index (χ0n) is 9.03. The predicted octanol–water partition coefficient (Wildman–Crippen LogP) is 0.251. The summed E-state index contributed by atoms with van der Waals surface area (Å²) in [6, 6.07) is 0.403. The van der Waals surface area contributed by atoms with E-state index >= 15 is 0 Å². The molecule has 2 unspecified atom stereocenters. The smallest absolute Gasteiger partial charge is 0.0589 e. The zero-order valence-corrected chi connectivity index (χ0v) is 9.03. The molecule has 0 aromatic carbocycles. The molecule has 1 aliphatic heterocycles. The number of aliphatic hydroxyl groups is 1. The van der Waals surface area contributed by atoms with Gasteiger partial charge in [-0.25, -0.2) is 0 Å². The lowest BCUT2D eigenvalue weighted by Gasteiger charge is -2.26. The Morgan fingerprint density at radius 3 is 2.69 bits per heavy atom. The van der Waals surface area contributed by atoms with Gasteiger partial charge in [-0.15, -0.1) is 0 Å². The molecule has 1 saturated heterocycles. The highest BCUT2D eigenvalue weighted by atomic mass is 16.3. The Bertz CT molecular complexity index is 150. The third-order valence-corrected chi connectivity index (χ3v) is 3.02. The molecule has 1 rings (SSSR count). The lowest BCUT2D eigenvalue weighted by atomic mass is 10.0. The number of likely N-dealkylation sites (N-methyl/N-ethyl adjacent to an activating group) is 1. The quantitative estimate of drug-likeness (QED) is 0.682. The molecular weight excluding hydrogens is 164 g/mol. The Labute approximate surface area is 81.3 Å². The van der Waals surface area contributed by atoms with Crippen molar-refractivity contribution in [2.24, 2.45) is 5.92 Å². The van der Waals surface area contributed by atoms with Crippen LogP contribution in [0.3, 0.4) is 0 Å². The van der Waals surface area contributed by atoms with Crippen molar-refractivity contribution in [1.82, 2.24) is 9.80 Å². The van der Waals surface area contributed by atoms with Crippen LogP contribution in [0.1, 0.15) is 13.3 Å². The Hall–Kier alpha value is -0.120. The summed E-state index contributed by atoms with van der Waals surface area (Å²) in [5.74, 6) is 0.659. The number of hydrogen-bond donors (Lipinski definition) is 1. The number of likely N-dealkylation sites (tertiary alicyclic amines) is 1. The largest absolute Gasteiger partial charge is 0.395 e. The lowest BCUT2D eigenvalue weighted by Crippen LogP contribution is -2.39. The fourth-order valence-corrected chi connectivity index (χ4v) is 1.99. The summed E-state index contributed by atoms with van der Waals surface area (Å²) in [6.45, 7) is 5.87. The zero-order chi connectivity index (χ0) is 9.84. The first kappa shape index (κ1) is 11.0. The molecule has 2 atom stereocenters. The van der Waals surface area contributed by atoms with E-state index in [2.05, 4.69) is 30.8 Å². The monoisotopic (exact) mass is 186 g/mol. The predicted molar refractivity (Wildman–Crippen MR) is 54.8 cm³/mol. The van der Waals surface area contributed by atoms with Crippen LogP contribution in [0.5, 0.6) is 0 Å². The summed E-state index contributed by atoms with van der Waals surface area (Å²) in [4.78, 5) is 4.60. The van der Waals surface area contributed by atoms with Crippen LogP contribution in [0.4, 0.5) is 0 Å². The maximum Gasteiger partial charge on any atom is 0.0589 e. The first-order chi connectivity index (χ1) is 6.15. The van der Waals surface area contributed by atoms with E-state index < -0.39 is 0 Å². The molecule has 0 aliphatic carbocycles. The molecule has 1 N–H and O–H groups in total. The molecule has 1 aliphatic rings. The SMILES string of the molecule is CC1CCN(CCN(C)C)C1CO. The summed E-state index contributed by atoms with van der Waals surface area (Å²) in [5, 5.41) is 9.22. The lowest BCUT2D eigenvalue weighted by molar-refractivity contribution is 0.132. The van der Waals surface area contributed by atoms with E-state index in [-0.39, 0.29) is 0 Å². The molecule has 0 radical (unpaired) electrons. The maximum atomic E-state index is 9.22. The van der Waals surface area contributed by atoms with Crippen LogP contribution >= 0.6 is 0 Å². The average molecular weight is 186 g/mol. The molecule has 0 amide bonds. The van der Waals surface area contributed by atoms with E-state index in [0.29, 0.717) is 18.6 Å². The van der Waals surface area contributed by atoms with Gasteiger partial charge in [-0.3, -0.25) is 4.90 Å². The van der Waals surface area contributed by atoms with E-state index in [4.69, 9.17) is 0 Å². The van der Waals surface area contributed by atoms with Gasteiger partial charge in [-0.1, -0.05) is 6.92 Å². The van der Waals surface area contributed by atoms with Crippen LogP contribution in [0.15, 0.2) is 0 Å². The van der Waals surface area contributed by atoms with Crippen molar-refractivity contribution in [3.05, 3.63) is 0 Å². The minimum atomic E-state index is 0.314. The van der Waals surface area contributed by atoms with E-state index in [9.17, 15) is 5.11 Å². The van der Waals surface area contributed by atoms with Gasteiger partial charge in [-0.05, 0) is 33.0 Å². The van der Waals surface area contributed by atoms with Crippen LogP contribution in [0.25, 0.3) is 0 Å². The van der Waals surface area contributed by atoms with Gasteiger partial charge in [0.05, 0.1) is 6.61 Å². The number of rotatable bonds is 4. The van der Waals surface area contributed by atoms with Crippen molar-refractivity contribution in [1.29, 1.82) is 0 Å². The number of hydrogen-bond acceptors (Lipinski definition) is 3. The van der Waals surface area contributed by atoms with Crippen LogP contribution in [-0.4, -0.2) is 61.3 Å². The van der Waals surface area contributed by atoms with Gasteiger partial charge in [0.1, 0.15) is 0 Å². The summed E-state index contributed by atoms with van der Waals surface area (Å²) in [6.07, 6.45) is 1.23. The van der Waals surface area contributed by atoms with E-state index in [1.54, 1.807) is 0 Å². The molecule has 0 spiro atoms. The van der Waals surface area contributed by atoms with Crippen LogP contribution in [0, 0.1) is 5.92 Å². The highest BCUT2D eigenvalue weighted by molar-refractivity contribution is 4.84. The fraction of sp³-hybridized carbons (Fsp3) is 1.00. The van der Waals surface area contributed by atoms with Gasteiger partial charge >= 0.3 is 0 Å². The average Bonchev–Trinajstić information content (AvgIpc) is 2.42. The van der Waals surface area contributed by atoms with Crippen molar-refractivity contribution in [2.75, 3.05) is 40.3 Å². The Balaban J connectivity index is 2.32. The highest BCUT2D eigenvalue weighted by Gasteiger charge is 2.29. The Kier molecular flexibility index (Phi) is 4.16. The fourth-order valence-electron chi connectivity index (χ4n) is 1.99. The van der Waals surface area contributed by atoms with Gasteiger partial charge in [0, 0.05) is 19.1 Å². The van der Waals surface area contributed by atoms with Gasteiger partial charge < -0.3 is 10.0 Å². The Morgan fingerprint density at radius 1 is 1.46 bits per heavy atom. The number of nitrogens with zero attached hydrogens (tertiary/aromatic N) is 2.